The molecule has 0 fully saturated rings. The van der Waals surface area contributed by atoms with E-state index in [0.29, 0.717) is 36.4 Å². The molecule has 11 heteroatoms. The van der Waals surface area contributed by atoms with Crippen LogP contribution in [0.25, 0.3) is 0 Å². The first-order chi connectivity index (χ1) is 17.4. The van der Waals surface area contributed by atoms with E-state index < -0.39 is 0 Å². The summed E-state index contributed by atoms with van der Waals surface area (Å²) >= 11 is 10.8. The number of hydrogen-bond donors (Lipinski definition) is 6. The molecule has 0 radical (unpaired) electrons. The summed E-state index contributed by atoms with van der Waals surface area (Å²) < 4.78 is 4.93. The number of hydrogen-bond acceptors (Lipinski definition) is 7. The number of ether oxygens (including phenoxy) is 1. The number of imidazole rings is 1. The topological polar surface area (TPSA) is 115 Å². The second-order valence-electron chi connectivity index (χ2n) is 8.18. The lowest BCUT2D eigenvalue weighted by Crippen LogP contribution is -2.37. The number of rotatable bonds is 16. The fourth-order valence-corrected chi connectivity index (χ4v) is 3.90. The third kappa shape index (κ3) is 11.1. The molecule has 0 amide bonds. The smallest absolute Gasteiger partial charge is 0.337 e. The third-order valence-corrected chi connectivity index (χ3v) is 6.01. The van der Waals surface area contributed by atoms with Crippen LogP contribution in [0.4, 0.5) is 0 Å². The fourth-order valence-electron chi connectivity index (χ4n) is 3.52. The molecule has 6 N–H and O–H groups in total. The van der Waals surface area contributed by atoms with Crippen molar-refractivity contribution in [2.24, 2.45) is 0 Å². The Morgan fingerprint density at radius 2 is 1.94 bits per heavy atom. The second kappa shape index (κ2) is 16.6. The highest BCUT2D eigenvalue weighted by Gasteiger charge is 2.10. The van der Waals surface area contributed by atoms with E-state index in [1.54, 1.807) is 18.7 Å². The average Bonchev–Trinajstić information content (AvgIpc) is 3.40. The van der Waals surface area contributed by atoms with Gasteiger partial charge in [0.05, 0.1) is 24.0 Å². The van der Waals surface area contributed by atoms with Gasteiger partial charge in [-0.1, -0.05) is 31.8 Å². The SMILES string of the molecule is C=CNC(CC)CCNC(=S)NCc1cc(CNCC(=S)NCCc2cnc[nH]2)cc(C(=O)OC)c1. The summed E-state index contributed by atoms with van der Waals surface area (Å²) in [6, 6.07) is 6.04. The van der Waals surface area contributed by atoms with Crippen LogP contribution >= 0.6 is 24.4 Å². The van der Waals surface area contributed by atoms with Gasteiger partial charge in [-0.05, 0) is 54.5 Å². The van der Waals surface area contributed by atoms with Gasteiger partial charge in [-0.3, -0.25) is 0 Å². The number of carbonyl (C=O) groups is 1. The zero-order chi connectivity index (χ0) is 26.2. The van der Waals surface area contributed by atoms with E-state index in [-0.39, 0.29) is 5.97 Å². The van der Waals surface area contributed by atoms with Crippen molar-refractivity contribution in [2.45, 2.75) is 45.3 Å². The Balaban J connectivity index is 1.82. The molecule has 9 nitrogen and oxygen atoms in total. The molecule has 0 bridgehead atoms. The summed E-state index contributed by atoms with van der Waals surface area (Å²) in [6.07, 6.45) is 7.94. The van der Waals surface area contributed by atoms with Gasteiger partial charge in [0.15, 0.2) is 5.11 Å². The van der Waals surface area contributed by atoms with Crippen molar-refractivity contribution >= 4 is 40.5 Å². The van der Waals surface area contributed by atoms with Crippen molar-refractivity contribution < 1.29 is 9.53 Å². The largest absolute Gasteiger partial charge is 0.465 e. The minimum absolute atomic E-state index is 0.365. The Labute approximate surface area is 224 Å². The molecule has 36 heavy (non-hydrogen) atoms. The van der Waals surface area contributed by atoms with E-state index >= 15 is 0 Å². The van der Waals surface area contributed by atoms with E-state index in [1.807, 2.05) is 18.2 Å². The van der Waals surface area contributed by atoms with Gasteiger partial charge in [0.25, 0.3) is 0 Å². The molecule has 0 saturated heterocycles. The summed E-state index contributed by atoms with van der Waals surface area (Å²) in [5.74, 6) is -0.380. The molecule has 1 unspecified atom stereocenters. The number of thiocarbonyl (C=S) groups is 2. The van der Waals surface area contributed by atoms with Crippen molar-refractivity contribution in [3.63, 3.8) is 0 Å². The molecular weight excluding hydrogens is 494 g/mol. The van der Waals surface area contributed by atoms with Crippen LogP contribution in [-0.4, -0.2) is 58.8 Å². The Morgan fingerprint density at radius 1 is 1.17 bits per heavy atom. The van der Waals surface area contributed by atoms with Crippen molar-refractivity contribution in [2.75, 3.05) is 26.7 Å². The zero-order valence-electron chi connectivity index (χ0n) is 21.0. The van der Waals surface area contributed by atoms with E-state index in [4.69, 9.17) is 29.2 Å². The first-order valence-electron chi connectivity index (χ1n) is 12.0. The standard InChI is InChI=1S/C25H37N7O2S2/c1-4-21(28-5-2)6-9-30-25(36)31-14-19-10-18(11-20(12-19)24(33)34-3)13-26-16-23(35)29-8-7-22-15-27-17-32-22/h5,10-12,15,17,21,26,28H,2,4,6-9,13-14,16H2,1,3H3,(H,27,32)(H,29,35)(H2,30,31,36). The maximum Gasteiger partial charge on any atom is 0.337 e. The van der Waals surface area contributed by atoms with Gasteiger partial charge in [0, 0.05) is 57.1 Å². The second-order valence-corrected chi connectivity index (χ2v) is 9.09. The number of aromatic amines is 1. The maximum atomic E-state index is 12.2. The Hall–Kier alpha value is -3.02. The number of methoxy groups -OCH3 is 1. The molecule has 0 aliphatic heterocycles. The lowest BCUT2D eigenvalue weighted by molar-refractivity contribution is 0.0600. The summed E-state index contributed by atoms with van der Waals surface area (Å²) in [6.45, 7) is 8.89. The number of nitrogens with one attached hydrogen (secondary N) is 6. The van der Waals surface area contributed by atoms with E-state index in [0.717, 1.165) is 54.2 Å². The van der Waals surface area contributed by atoms with Gasteiger partial charge in [-0.15, -0.1) is 0 Å². The van der Waals surface area contributed by atoms with Crippen LogP contribution in [0.3, 0.4) is 0 Å². The van der Waals surface area contributed by atoms with Crippen molar-refractivity contribution in [3.05, 3.63) is 65.9 Å². The highest BCUT2D eigenvalue weighted by molar-refractivity contribution is 7.80. The molecule has 2 rings (SSSR count). The molecule has 0 spiro atoms. The van der Waals surface area contributed by atoms with Gasteiger partial charge in [-0.25, -0.2) is 9.78 Å². The fraction of sp³-hybridized carbons (Fsp3) is 0.440. The van der Waals surface area contributed by atoms with Crippen LogP contribution in [0.2, 0.25) is 0 Å². The predicted octanol–water partition coefficient (Wildman–Crippen LogP) is 2.31. The number of benzene rings is 1. The molecule has 1 heterocycles. The van der Waals surface area contributed by atoms with Gasteiger partial charge >= 0.3 is 5.97 Å². The van der Waals surface area contributed by atoms with Crippen LogP contribution in [-0.2, 0) is 24.2 Å². The molecule has 1 aromatic carbocycles. The van der Waals surface area contributed by atoms with E-state index in [2.05, 4.69) is 50.1 Å². The zero-order valence-corrected chi connectivity index (χ0v) is 22.6. The van der Waals surface area contributed by atoms with E-state index in [1.165, 1.54) is 7.11 Å². The van der Waals surface area contributed by atoms with Gasteiger partial charge in [0.2, 0.25) is 0 Å². The van der Waals surface area contributed by atoms with Crippen LogP contribution in [0.15, 0.2) is 43.5 Å². The molecule has 0 aliphatic rings. The van der Waals surface area contributed by atoms with Crippen molar-refractivity contribution in [3.8, 4) is 0 Å². The van der Waals surface area contributed by atoms with Crippen LogP contribution in [0.1, 0.15) is 46.9 Å². The summed E-state index contributed by atoms with van der Waals surface area (Å²) in [4.78, 5) is 20.0. The van der Waals surface area contributed by atoms with Crippen LogP contribution in [0, 0.1) is 0 Å². The van der Waals surface area contributed by atoms with Crippen molar-refractivity contribution in [1.82, 2.24) is 36.6 Å². The number of nitrogens with zero attached hydrogens (tertiary/aromatic N) is 1. The molecule has 1 atom stereocenters. The number of H-pyrrole nitrogens is 1. The Bertz CT molecular complexity index is 983. The predicted molar refractivity (Wildman–Crippen MR) is 152 cm³/mol. The highest BCUT2D eigenvalue weighted by atomic mass is 32.1. The lowest BCUT2D eigenvalue weighted by Gasteiger charge is -2.17. The average molecular weight is 532 g/mol. The van der Waals surface area contributed by atoms with Crippen LogP contribution in [0.5, 0.6) is 0 Å². The summed E-state index contributed by atoms with van der Waals surface area (Å²) in [5, 5.41) is 16.8. The molecule has 196 valence electrons. The highest BCUT2D eigenvalue weighted by Crippen LogP contribution is 2.12. The van der Waals surface area contributed by atoms with Gasteiger partial charge in [0.1, 0.15) is 0 Å². The number of carbonyl (C=O) groups excluding carboxylic acids is 1. The minimum Gasteiger partial charge on any atom is -0.465 e. The Kier molecular flexibility index (Phi) is 13.5. The molecule has 0 saturated carbocycles. The Morgan fingerprint density at radius 3 is 2.61 bits per heavy atom. The van der Waals surface area contributed by atoms with Gasteiger partial charge < -0.3 is 36.3 Å². The summed E-state index contributed by atoms with van der Waals surface area (Å²) in [7, 11) is 1.38. The first-order valence-corrected chi connectivity index (χ1v) is 12.8. The molecule has 1 aromatic heterocycles. The van der Waals surface area contributed by atoms with Crippen LogP contribution < -0.4 is 26.6 Å². The van der Waals surface area contributed by atoms with E-state index in [9.17, 15) is 4.79 Å². The first kappa shape index (κ1) is 29.2. The van der Waals surface area contributed by atoms with Gasteiger partial charge in [-0.2, -0.15) is 0 Å². The lowest BCUT2D eigenvalue weighted by atomic mass is 10.1. The number of aromatic nitrogens is 2. The molecular formula is C25H37N7O2S2. The normalized spacial score (nSPS) is 11.3. The molecule has 2 aromatic rings. The maximum absolute atomic E-state index is 12.2. The minimum atomic E-state index is -0.380. The quantitative estimate of drug-likeness (QED) is 0.142. The summed E-state index contributed by atoms with van der Waals surface area (Å²) in [5.41, 5.74) is 3.44. The monoisotopic (exact) mass is 531 g/mol. The molecule has 0 aliphatic carbocycles. The number of esters is 1. The third-order valence-electron chi connectivity index (χ3n) is 5.44. The van der Waals surface area contributed by atoms with Crippen molar-refractivity contribution in [1.29, 1.82) is 0 Å².